The Morgan fingerprint density at radius 2 is 1.72 bits per heavy atom. The highest BCUT2D eigenvalue weighted by molar-refractivity contribution is 6.62. The molecule has 1 aliphatic heterocycles. The second kappa shape index (κ2) is 8.23. The average Bonchev–Trinajstić information content (AvgIpc) is 2.85. The van der Waals surface area contributed by atoms with E-state index in [1.165, 1.54) is 0 Å². The zero-order valence-electron chi connectivity index (χ0n) is 20.7. The maximum absolute atomic E-state index is 12.9. The molecule has 1 aromatic carbocycles. The third-order valence-corrected chi connectivity index (χ3v) is 6.01. The lowest BCUT2D eigenvalue weighted by atomic mass is 9.78. The Bertz CT molecular complexity index is 1070. The number of aromatic nitrogens is 1. The molecule has 0 saturated carbocycles. The highest BCUT2D eigenvalue weighted by Crippen LogP contribution is 2.36. The van der Waals surface area contributed by atoms with Crippen molar-refractivity contribution in [3.8, 4) is 0 Å². The fourth-order valence-corrected chi connectivity index (χ4v) is 3.76. The van der Waals surface area contributed by atoms with Crippen LogP contribution in [0.2, 0.25) is 0 Å². The van der Waals surface area contributed by atoms with Gasteiger partial charge in [-0.25, -0.2) is 4.79 Å². The number of rotatable bonds is 4. The summed E-state index contributed by atoms with van der Waals surface area (Å²) in [6.45, 7) is 17.7. The molecular formula is C24H35BN2O5. The van der Waals surface area contributed by atoms with Crippen molar-refractivity contribution in [2.45, 2.75) is 91.7 Å². The summed E-state index contributed by atoms with van der Waals surface area (Å²) >= 11 is 0. The molecular weight excluding hydrogens is 407 g/mol. The molecule has 1 saturated heterocycles. The van der Waals surface area contributed by atoms with Crippen molar-refractivity contribution < 1.29 is 18.8 Å². The van der Waals surface area contributed by atoms with E-state index in [1.54, 1.807) is 6.07 Å². The molecule has 0 aliphatic carbocycles. The van der Waals surface area contributed by atoms with Crippen LogP contribution in [0, 0.1) is 0 Å². The quantitative estimate of drug-likeness (QED) is 0.727. The summed E-state index contributed by atoms with van der Waals surface area (Å²) in [5, 5.41) is 3.37. The number of nitrogens with zero attached hydrogens (tertiary/aromatic N) is 1. The topological polar surface area (TPSA) is 78.8 Å². The molecule has 1 amide bonds. The molecule has 1 aliphatic rings. The minimum atomic E-state index is -0.594. The van der Waals surface area contributed by atoms with Crippen molar-refractivity contribution in [3.63, 3.8) is 0 Å². The van der Waals surface area contributed by atoms with Gasteiger partial charge >= 0.3 is 13.2 Å². The number of ether oxygens (including phenoxy) is 1. The first kappa shape index (κ1) is 24.3. The number of pyridine rings is 1. The SMILES string of the molecule is CC(C)n1c(CNC(=O)OC(C)(C)C)cc(=O)c2ccc(B3OC(C)(C)C(C)(C)O3)cc21. The fraction of sp³-hybridized carbons (Fsp3) is 0.583. The van der Waals surface area contributed by atoms with E-state index < -0.39 is 30.0 Å². The largest absolute Gasteiger partial charge is 0.494 e. The second-order valence-corrected chi connectivity index (χ2v) is 10.7. The maximum Gasteiger partial charge on any atom is 0.494 e. The standard InChI is InChI=1S/C24H35BN2O5/c1-15(2)27-17(14-26-21(29)30-22(3,4)5)13-20(28)18-11-10-16(12-19(18)27)25-31-23(6,7)24(8,9)32-25/h10-13,15H,14H2,1-9H3,(H,26,29). The summed E-state index contributed by atoms with van der Waals surface area (Å²) in [6, 6.07) is 7.29. The number of carbonyl (C=O) groups is 1. The molecule has 7 nitrogen and oxygen atoms in total. The third-order valence-electron chi connectivity index (χ3n) is 6.01. The van der Waals surface area contributed by atoms with Crippen molar-refractivity contribution in [2.24, 2.45) is 0 Å². The molecule has 1 N–H and O–H groups in total. The summed E-state index contributed by atoms with van der Waals surface area (Å²) < 4.78 is 19.8. The van der Waals surface area contributed by atoms with Gasteiger partial charge in [0.1, 0.15) is 5.60 Å². The smallest absolute Gasteiger partial charge is 0.444 e. The van der Waals surface area contributed by atoms with Gasteiger partial charge < -0.3 is 23.9 Å². The first-order valence-corrected chi connectivity index (χ1v) is 11.1. The first-order chi connectivity index (χ1) is 14.6. The van der Waals surface area contributed by atoms with Gasteiger partial charge in [0.2, 0.25) is 0 Å². The molecule has 0 unspecified atom stereocenters. The molecule has 1 fully saturated rings. The average molecular weight is 442 g/mol. The highest BCUT2D eigenvalue weighted by atomic mass is 16.7. The summed E-state index contributed by atoms with van der Waals surface area (Å²) in [6.07, 6.45) is -0.522. The molecule has 3 rings (SSSR count). The molecule has 0 atom stereocenters. The summed E-state index contributed by atoms with van der Waals surface area (Å²) in [7, 11) is -0.524. The van der Waals surface area contributed by atoms with Gasteiger partial charge in [0.15, 0.2) is 5.43 Å². The predicted octanol–water partition coefficient (Wildman–Crippen LogP) is 3.91. The van der Waals surface area contributed by atoms with E-state index in [4.69, 9.17) is 14.0 Å². The lowest BCUT2D eigenvalue weighted by Crippen LogP contribution is -2.41. The number of nitrogens with one attached hydrogen (secondary N) is 1. The van der Waals surface area contributed by atoms with Crippen LogP contribution >= 0.6 is 0 Å². The van der Waals surface area contributed by atoms with E-state index in [-0.39, 0.29) is 18.0 Å². The Balaban J connectivity index is 2.01. The predicted molar refractivity (Wildman–Crippen MR) is 127 cm³/mol. The van der Waals surface area contributed by atoms with Gasteiger partial charge in [0.25, 0.3) is 0 Å². The molecule has 0 bridgehead atoms. The first-order valence-electron chi connectivity index (χ1n) is 11.1. The molecule has 174 valence electrons. The van der Waals surface area contributed by atoms with Crippen LogP contribution in [-0.2, 0) is 20.6 Å². The fourth-order valence-electron chi connectivity index (χ4n) is 3.76. The van der Waals surface area contributed by atoms with Crippen LogP contribution in [0.1, 0.15) is 74.0 Å². The molecule has 2 heterocycles. The Kier molecular flexibility index (Phi) is 6.26. The van der Waals surface area contributed by atoms with E-state index in [0.717, 1.165) is 11.0 Å². The zero-order chi connectivity index (χ0) is 24.1. The van der Waals surface area contributed by atoms with E-state index in [9.17, 15) is 9.59 Å². The van der Waals surface area contributed by atoms with Crippen LogP contribution in [0.15, 0.2) is 29.1 Å². The second-order valence-electron chi connectivity index (χ2n) is 10.7. The molecule has 0 radical (unpaired) electrons. The van der Waals surface area contributed by atoms with E-state index in [1.807, 2.05) is 80.5 Å². The normalized spacial score (nSPS) is 17.8. The van der Waals surface area contributed by atoms with Crippen LogP contribution in [0.5, 0.6) is 0 Å². The van der Waals surface area contributed by atoms with Crippen LogP contribution < -0.4 is 16.2 Å². The Morgan fingerprint density at radius 3 is 2.25 bits per heavy atom. The van der Waals surface area contributed by atoms with Crippen LogP contribution in [0.3, 0.4) is 0 Å². The van der Waals surface area contributed by atoms with E-state index >= 15 is 0 Å². The van der Waals surface area contributed by atoms with Crippen molar-refractivity contribution in [1.29, 1.82) is 0 Å². The highest BCUT2D eigenvalue weighted by Gasteiger charge is 2.51. The molecule has 8 heteroatoms. The maximum atomic E-state index is 12.9. The number of carbonyl (C=O) groups excluding carboxylic acids is 1. The number of benzene rings is 1. The number of alkyl carbamates (subject to hydrolysis) is 1. The van der Waals surface area contributed by atoms with Crippen molar-refractivity contribution in [2.75, 3.05) is 0 Å². The van der Waals surface area contributed by atoms with Crippen LogP contribution in [-0.4, -0.2) is 34.6 Å². The third kappa shape index (κ3) is 4.86. The molecule has 2 aromatic rings. The Morgan fingerprint density at radius 1 is 1.12 bits per heavy atom. The van der Waals surface area contributed by atoms with Gasteiger partial charge in [-0.1, -0.05) is 6.07 Å². The lowest BCUT2D eigenvalue weighted by molar-refractivity contribution is 0.00578. The van der Waals surface area contributed by atoms with Gasteiger partial charge in [-0.2, -0.15) is 0 Å². The van der Waals surface area contributed by atoms with Crippen LogP contribution in [0.4, 0.5) is 4.79 Å². The number of hydrogen-bond acceptors (Lipinski definition) is 5. The summed E-state index contributed by atoms with van der Waals surface area (Å²) in [5.41, 5.74) is 0.728. The van der Waals surface area contributed by atoms with Crippen molar-refractivity contribution >= 4 is 29.6 Å². The van der Waals surface area contributed by atoms with E-state index in [2.05, 4.69) is 9.88 Å². The van der Waals surface area contributed by atoms with Crippen molar-refractivity contribution in [1.82, 2.24) is 9.88 Å². The Labute approximate surface area is 190 Å². The zero-order valence-corrected chi connectivity index (χ0v) is 20.7. The summed E-state index contributed by atoms with van der Waals surface area (Å²) in [5.74, 6) is 0. The molecule has 1 aromatic heterocycles. The van der Waals surface area contributed by atoms with Crippen LogP contribution in [0.25, 0.3) is 10.9 Å². The molecule has 0 spiro atoms. The summed E-state index contributed by atoms with van der Waals surface area (Å²) in [4.78, 5) is 25.0. The van der Waals surface area contributed by atoms with E-state index in [0.29, 0.717) is 11.1 Å². The van der Waals surface area contributed by atoms with Crippen molar-refractivity contribution in [3.05, 3.63) is 40.2 Å². The number of amides is 1. The number of hydrogen-bond donors (Lipinski definition) is 1. The number of fused-ring (bicyclic) bond motifs is 1. The minimum Gasteiger partial charge on any atom is -0.444 e. The molecule has 32 heavy (non-hydrogen) atoms. The Hall–Kier alpha value is -2.32. The van der Waals surface area contributed by atoms with Gasteiger partial charge in [-0.05, 0) is 79.9 Å². The monoisotopic (exact) mass is 442 g/mol. The van der Waals surface area contributed by atoms with Gasteiger partial charge in [-0.15, -0.1) is 0 Å². The lowest BCUT2D eigenvalue weighted by Gasteiger charge is -2.32. The van der Waals surface area contributed by atoms with Gasteiger partial charge in [0, 0.05) is 23.2 Å². The van der Waals surface area contributed by atoms with Gasteiger partial charge in [0.05, 0.1) is 23.3 Å². The van der Waals surface area contributed by atoms with Gasteiger partial charge in [-0.3, -0.25) is 4.79 Å². The minimum absolute atomic E-state index is 0.0575.